The van der Waals surface area contributed by atoms with E-state index < -0.39 is 5.60 Å². The Morgan fingerprint density at radius 3 is 2.78 bits per heavy atom. The number of aliphatic hydroxyl groups is 1. The van der Waals surface area contributed by atoms with Crippen molar-refractivity contribution in [3.8, 4) is 11.8 Å². The Morgan fingerprint density at radius 2 is 2.17 bits per heavy atom. The molecule has 3 N–H and O–H groups in total. The fourth-order valence-corrected chi connectivity index (χ4v) is 1.67. The molecule has 1 atom stereocenters. The first-order chi connectivity index (χ1) is 8.71. The topological polar surface area (TPSA) is 90.5 Å². The highest BCUT2D eigenvalue weighted by atomic mass is 16.5. The zero-order chi connectivity index (χ0) is 13.0. The van der Waals surface area contributed by atoms with Crippen molar-refractivity contribution >= 4 is 5.69 Å². The van der Waals surface area contributed by atoms with Crippen molar-refractivity contribution in [3.63, 3.8) is 0 Å². The van der Waals surface area contributed by atoms with Gasteiger partial charge in [-0.1, -0.05) is 18.2 Å². The minimum absolute atomic E-state index is 0.167. The summed E-state index contributed by atoms with van der Waals surface area (Å²) in [5, 5.41) is 9.49. The molecule has 1 aliphatic rings. The molecule has 0 aliphatic heterocycles. The van der Waals surface area contributed by atoms with Gasteiger partial charge in [0.05, 0.1) is 13.7 Å². The Hall–Kier alpha value is -2.08. The van der Waals surface area contributed by atoms with Gasteiger partial charge in [0.2, 0.25) is 11.8 Å². The van der Waals surface area contributed by atoms with E-state index in [1.165, 1.54) is 13.4 Å². The molecule has 0 radical (unpaired) electrons. The number of hydrogen-bond donors (Lipinski definition) is 2. The fourth-order valence-electron chi connectivity index (χ4n) is 1.67. The van der Waals surface area contributed by atoms with Crippen LogP contribution in [0.1, 0.15) is 6.42 Å². The van der Waals surface area contributed by atoms with E-state index in [9.17, 15) is 5.11 Å². The minimum Gasteiger partial charge on any atom is -0.479 e. The van der Waals surface area contributed by atoms with Crippen LogP contribution < -0.4 is 15.2 Å². The van der Waals surface area contributed by atoms with E-state index in [1.54, 1.807) is 6.08 Å². The summed E-state index contributed by atoms with van der Waals surface area (Å²) in [5.41, 5.74) is 5.21. The van der Waals surface area contributed by atoms with Crippen LogP contribution in [0.3, 0.4) is 0 Å². The highest BCUT2D eigenvalue weighted by molar-refractivity contribution is 5.56. The normalized spacial score (nSPS) is 21.9. The van der Waals surface area contributed by atoms with E-state index in [0.29, 0.717) is 6.42 Å². The molecule has 6 heteroatoms. The first-order valence-electron chi connectivity index (χ1n) is 5.49. The van der Waals surface area contributed by atoms with Crippen LogP contribution in [0.2, 0.25) is 0 Å². The molecule has 18 heavy (non-hydrogen) atoms. The molecule has 0 fully saturated rings. The molecule has 2 rings (SSSR count). The zero-order valence-electron chi connectivity index (χ0n) is 10.0. The summed E-state index contributed by atoms with van der Waals surface area (Å²) in [6.45, 7) is -0.167. The van der Waals surface area contributed by atoms with Gasteiger partial charge in [-0.05, 0) is 6.08 Å². The van der Waals surface area contributed by atoms with Gasteiger partial charge in [-0.2, -0.15) is 9.97 Å². The third-order valence-corrected chi connectivity index (χ3v) is 2.68. The van der Waals surface area contributed by atoms with Crippen LogP contribution in [0.5, 0.6) is 11.8 Å². The number of hydrogen-bond acceptors (Lipinski definition) is 6. The zero-order valence-corrected chi connectivity index (χ0v) is 10.0. The number of methoxy groups -OCH3 is 1. The largest absolute Gasteiger partial charge is 0.479 e. The number of nitrogens with zero attached hydrogens (tertiary/aromatic N) is 2. The molecule has 0 saturated carbocycles. The molecular weight excluding hydrogens is 234 g/mol. The van der Waals surface area contributed by atoms with Gasteiger partial charge >= 0.3 is 0 Å². The van der Waals surface area contributed by atoms with E-state index in [0.717, 1.165) is 0 Å². The van der Waals surface area contributed by atoms with Crippen molar-refractivity contribution in [2.24, 2.45) is 0 Å². The second-order valence-corrected chi connectivity index (χ2v) is 3.92. The van der Waals surface area contributed by atoms with E-state index in [2.05, 4.69) is 9.97 Å². The summed E-state index contributed by atoms with van der Waals surface area (Å²) in [6, 6.07) is 0. The predicted molar refractivity (Wildman–Crippen MR) is 66.3 cm³/mol. The van der Waals surface area contributed by atoms with Crippen LogP contribution in [0.15, 0.2) is 30.6 Å². The lowest BCUT2D eigenvalue weighted by Crippen LogP contribution is -2.38. The van der Waals surface area contributed by atoms with Crippen LogP contribution >= 0.6 is 0 Å². The van der Waals surface area contributed by atoms with E-state index in [-0.39, 0.29) is 24.1 Å². The summed E-state index contributed by atoms with van der Waals surface area (Å²) in [4.78, 5) is 7.83. The van der Waals surface area contributed by atoms with Gasteiger partial charge in [0.25, 0.3) is 0 Å². The van der Waals surface area contributed by atoms with Crippen molar-refractivity contribution < 1.29 is 14.6 Å². The van der Waals surface area contributed by atoms with Gasteiger partial charge in [0.1, 0.15) is 6.33 Å². The van der Waals surface area contributed by atoms with E-state index in [4.69, 9.17) is 15.2 Å². The monoisotopic (exact) mass is 249 g/mol. The molecule has 6 nitrogen and oxygen atoms in total. The fraction of sp³-hybridized carbons (Fsp3) is 0.333. The molecule has 0 saturated heterocycles. The average molecular weight is 249 g/mol. The molecule has 0 spiro atoms. The number of rotatable bonds is 4. The van der Waals surface area contributed by atoms with Crippen molar-refractivity contribution in [1.29, 1.82) is 0 Å². The van der Waals surface area contributed by atoms with Crippen LogP contribution in [0, 0.1) is 0 Å². The van der Waals surface area contributed by atoms with Crippen LogP contribution in [-0.4, -0.2) is 34.4 Å². The van der Waals surface area contributed by atoms with Crippen LogP contribution in [0.4, 0.5) is 5.69 Å². The molecular formula is C12H15N3O3. The maximum absolute atomic E-state index is 9.49. The second kappa shape index (κ2) is 5.05. The Morgan fingerprint density at radius 1 is 1.39 bits per heavy atom. The molecule has 0 bridgehead atoms. The SMILES string of the molecule is COc1ncnc(OC2(CO)C=CC=CC2)c1N. The molecule has 1 aromatic rings. The number of allylic oxidation sites excluding steroid dienone is 2. The molecule has 1 aliphatic carbocycles. The molecule has 1 aromatic heterocycles. The Kier molecular flexibility index (Phi) is 3.47. The highest BCUT2D eigenvalue weighted by Crippen LogP contribution is 2.31. The van der Waals surface area contributed by atoms with Crippen molar-refractivity contribution in [3.05, 3.63) is 30.6 Å². The molecule has 1 unspecified atom stereocenters. The molecule has 1 heterocycles. The number of aromatic nitrogens is 2. The number of ether oxygens (including phenoxy) is 2. The summed E-state index contributed by atoms with van der Waals surface area (Å²) >= 11 is 0. The Balaban J connectivity index is 2.28. The van der Waals surface area contributed by atoms with E-state index in [1.807, 2.05) is 18.2 Å². The summed E-state index contributed by atoms with van der Waals surface area (Å²) in [7, 11) is 1.47. The van der Waals surface area contributed by atoms with Crippen molar-refractivity contribution in [1.82, 2.24) is 9.97 Å². The second-order valence-electron chi connectivity index (χ2n) is 3.92. The minimum atomic E-state index is -0.831. The lowest BCUT2D eigenvalue weighted by Gasteiger charge is -2.29. The van der Waals surface area contributed by atoms with E-state index >= 15 is 0 Å². The highest BCUT2D eigenvalue weighted by Gasteiger charge is 2.30. The van der Waals surface area contributed by atoms with Crippen molar-refractivity contribution in [2.75, 3.05) is 19.5 Å². The van der Waals surface area contributed by atoms with Gasteiger partial charge in [-0.3, -0.25) is 0 Å². The maximum Gasteiger partial charge on any atom is 0.245 e. The first kappa shape index (κ1) is 12.4. The van der Waals surface area contributed by atoms with Crippen LogP contribution in [-0.2, 0) is 0 Å². The lowest BCUT2D eigenvalue weighted by molar-refractivity contribution is 0.0480. The summed E-state index contributed by atoms with van der Waals surface area (Å²) in [5.74, 6) is 0.458. The quantitative estimate of drug-likeness (QED) is 0.816. The number of nitrogens with two attached hydrogens (primary N) is 1. The Labute approximate surface area is 105 Å². The number of anilines is 1. The smallest absolute Gasteiger partial charge is 0.245 e. The third kappa shape index (κ3) is 2.28. The number of aliphatic hydroxyl groups excluding tert-OH is 1. The van der Waals surface area contributed by atoms with Gasteiger partial charge in [-0.25, -0.2) is 0 Å². The standard InChI is InChI=1S/C12H15N3O3/c1-17-10-9(13)11(15-8-14-10)18-12(7-16)5-3-2-4-6-12/h2-5,8,16H,6-7,13H2,1H3. The molecule has 0 amide bonds. The summed E-state index contributed by atoms with van der Waals surface area (Å²) in [6.07, 6.45) is 9.24. The van der Waals surface area contributed by atoms with Gasteiger partial charge < -0.3 is 20.3 Å². The maximum atomic E-state index is 9.49. The average Bonchev–Trinajstić information content (AvgIpc) is 2.42. The summed E-state index contributed by atoms with van der Waals surface area (Å²) < 4.78 is 10.7. The van der Waals surface area contributed by atoms with Gasteiger partial charge in [0, 0.05) is 6.42 Å². The van der Waals surface area contributed by atoms with Crippen molar-refractivity contribution in [2.45, 2.75) is 12.0 Å². The first-order valence-corrected chi connectivity index (χ1v) is 5.49. The number of nitrogen functional groups attached to an aromatic ring is 1. The van der Waals surface area contributed by atoms with Crippen LogP contribution in [0.25, 0.3) is 0 Å². The lowest BCUT2D eigenvalue weighted by atomic mass is 9.96. The Bertz CT molecular complexity index is 487. The van der Waals surface area contributed by atoms with Gasteiger partial charge in [-0.15, -0.1) is 0 Å². The van der Waals surface area contributed by atoms with Gasteiger partial charge in [0.15, 0.2) is 11.3 Å². The predicted octanol–water partition coefficient (Wildman–Crippen LogP) is 0.693. The third-order valence-electron chi connectivity index (χ3n) is 2.68. The molecule has 0 aromatic carbocycles. The molecule has 96 valence electrons.